The zero-order chi connectivity index (χ0) is 20.4. The molecule has 4 rings (SSSR count). The topological polar surface area (TPSA) is 84.2 Å². The van der Waals surface area contributed by atoms with Crippen molar-refractivity contribution in [2.24, 2.45) is 0 Å². The number of aromatic nitrogens is 3. The van der Waals surface area contributed by atoms with Crippen LogP contribution in [0.1, 0.15) is 12.8 Å². The zero-order valence-electron chi connectivity index (χ0n) is 17.2. The molecule has 8 nitrogen and oxygen atoms in total. The molecule has 2 N–H and O–H groups in total. The van der Waals surface area contributed by atoms with Crippen LogP contribution in [0.2, 0.25) is 0 Å². The molecule has 0 radical (unpaired) electrons. The van der Waals surface area contributed by atoms with Crippen molar-refractivity contribution in [2.75, 3.05) is 32.5 Å². The van der Waals surface area contributed by atoms with E-state index in [0.717, 1.165) is 24.0 Å². The van der Waals surface area contributed by atoms with Gasteiger partial charge in [0.05, 0.1) is 5.52 Å². The molecular weight excluding hydrogens is 404 g/mol. The summed E-state index contributed by atoms with van der Waals surface area (Å²) in [4.78, 5) is 27.0. The molecule has 0 bridgehead atoms. The van der Waals surface area contributed by atoms with Gasteiger partial charge in [0, 0.05) is 38.4 Å². The van der Waals surface area contributed by atoms with Crippen molar-refractivity contribution in [3.8, 4) is 0 Å². The highest BCUT2D eigenvalue weighted by Crippen LogP contribution is 2.29. The average Bonchev–Trinajstić information content (AvgIpc) is 3.39. The van der Waals surface area contributed by atoms with E-state index in [1.165, 1.54) is 0 Å². The summed E-state index contributed by atoms with van der Waals surface area (Å²) in [6.07, 6.45) is 6.81. The summed E-state index contributed by atoms with van der Waals surface area (Å²) in [5.41, 5.74) is 0.924. The molecule has 3 aromatic rings. The molecule has 0 saturated carbocycles. The number of anilines is 1. The summed E-state index contributed by atoms with van der Waals surface area (Å²) < 4.78 is 3.68. The maximum Gasteiger partial charge on any atom is 0.252 e. The Balaban J connectivity index is 0.00000256. The Labute approximate surface area is 181 Å². The number of piperidine rings is 1. The van der Waals surface area contributed by atoms with E-state index >= 15 is 0 Å². The number of halogens is 1. The number of fused-ring (bicyclic) bond motifs is 1. The highest BCUT2D eigenvalue weighted by Gasteiger charge is 2.42. The van der Waals surface area contributed by atoms with Crippen LogP contribution in [0.3, 0.4) is 0 Å². The van der Waals surface area contributed by atoms with Crippen LogP contribution >= 0.6 is 12.4 Å². The number of benzene rings is 1. The molecule has 160 valence electrons. The number of likely N-dealkylation sites (N-methyl/N-ethyl adjacent to an activating group) is 1. The van der Waals surface area contributed by atoms with Gasteiger partial charge in [-0.2, -0.15) is 5.10 Å². The molecular formula is C21H27ClN6O2. The van der Waals surface area contributed by atoms with E-state index in [-0.39, 0.29) is 30.8 Å². The molecule has 9 heteroatoms. The summed E-state index contributed by atoms with van der Waals surface area (Å²) in [5, 5.41) is 11.8. The van der Waals surface area contributed by atoms with Crippen molar-refractivity contribution in [3.63, 3.8) is 0 Å². The molecule has 0 aliphatic carbocycles. The van der Waals surface area contributed by atoms with E-state index in [4.69, 9.17) is 0 Å². The number of rotatable bonds is 5. The lowest BCUT2D eigenvalue weighted by atomic mass is 9.87. The molecule has 3 heterocycles. The van der Waals surface area contributed by atoms with Crippen molar-refractivity contribution in [1.82, 2.24) is 24.6 Å². The second-order valence-electron chi connectivity index (χ2n) is 7.69. The van der Waals surface area contributed by atoms with E-state index in [1.54, 1.807) is 29.9 Å². The van der Waals surface area contributed by atoms with Crippen LogP contribution in [0.15, 0.2) is 48.9 Å². The van der Waals surface area contributed by atoms with Crippen LogP contribution in [-0.2, 0) is 21.7 Å². The summed E-state index contributed by atoms with van der Waals surface area (Å²) >= 11 is 0. The minimum atomic E-state index is -0.702. The summed E-state index contributed by atoms with van der Waals surface area (Å²) in [6.45, 7) is 1.79. The second-order valence-corrected chi connectivity index (χ2v) is 7.69. The van der Waals surface area contributed by atoms with Gasteiger partial charge in [-0.05, 0) is 55.6 Å². The number of hydrogen-bond donors (Lipinski definition) is 2. The van der Waals surface area contributed by atoms with Gasteiger partial charge >= 0.3 is 0 Å². The number of nitrogens with one attached hydrogen (secondary N) is 2. The molecule has 1 saturated heterocycles. The van der Waals surface area contributed by atoms with Crippen LogP contribution in [0, 0.1) is 0 Å². The number of amides is 2. The quantitative estimate of drug-likeness (QED) is 0.649. The van der Waals surface area contributed by atoms with Crippen molar-refractivity contribution in [1.29, 1.82) is 0 Å². The van der Waals surface area contributed by atoms with E-state index in [2.05, 4.69) is 15.7 Å². The molecule has 1 aromatic carbocycles. The second kappa shape index (κ2) is 8.89. The van der Waals surface area contributed by atoms with Gasteiger partial charge in [0.2, 0.25) is 5.91 Å². The minimum Gasteiger partial charge on any atom is -0.347 e. The van der Waals surface area contributed by atoms with Gasteiger partial charge in [0.15, 0.2) is 0 Å². The molecule has 1 aliphatic heterocycles. The number of hydrogen-bond acceptors (Lipinski definition) is 4. The molecule has 0 atom stereocenters. The summed E-state index contributed by atoms with van der Waals surface area (Å²) in [7, 11) is 3.49. The van der Waals surface area contributed by atoms with E-state index < -0.39 is 5.54 Å². The maximum atomic E-state index is 13.3. The van der Waals surface area contributed by atoms with Crippen LogP contribution in [0.4, 0.5) is 5.69 Å². The van der Waals surface area contributed by atoms with Gasteiger partial charge in [-0.25, -0.2) is 0 Å². The lowest BCUT2D eigenvalue weighted by Crippen LogP contribution is -2.52. The van der Waals surface area contributed by atoms with Crippen LogP contribution < -0.4 is 10.6 Å². The largest absolute Gasteiger partial charge is 0.347 e. The van der Waals surface area contributed by atoms with Crippen molar-refractivity contribution in [3.05, 3.63) is 48.9 Å². The van der Waals surface area contributed by atoms with Gasteiger partial charge in [-0.3, -0.25) is 14.3 Å². The fourth-order valence-corrected chi connectivity index (χ4v) is 3.86. The monoisotopic (exact) mass is 430 g/mol. The number of carbonyl (C=O) groups excluding carboxylic acids is 2. The van der Waals surface area contributed by atoms with Gasteiger partial charge in [0.1, 0.15) is 12.1 Å². The molecule has 0 spiro atoms. The Morgan fingerprint density at radius 3 is 2.63 bits per heavy atom. The normalized spacial score (nSPS) is 15.4. The SMILES string of the molecule is CN(C)C(=O)Cn1ccc2ccc(NC(=O)C3(n4cccn4)CCNCC3)cc21.Cl. The van der Waals surface area contributed by atoms with Crippen LogP contribution in [-0.4, -0.2) is 58.2 Å². The predicted octanol–water partition coefficient (Wildman–Crippen LogP) is 2.07. The smallest absolute Gasteiger partial charge is 0.252 e. The van der Waals surface area contributed by atoms with E-state index in [9.17, 15) is 9.59 Å². The van der Waals surface area contributed by atoms with Crippen LogP contribution in [0.5, 0.6) is 0 Å². The van der Waals surface area contributed by atoms with Gasteiger partial charge in [0.25, 0.3) is 5.91 Å². The summed E-state index contributed by atoms with van der Waals surface area (Å²) in [6, 6.07) is 9.61. The number of carbonyl (C=O) groups is 2. The first-order chi connectivity index (χ1) is 14.0. The highest BCUT2D eigenvalue weighted by molar-refractivity contribution is 5.98. The van der Waals surface area contributed by atoms with E-state index in [0.29, 0.717) is 18.5 Å². The fourth-order valence-electron chi connectivity index (χ4n) is 3.86. The molecule has 1 aliphatic rings. The summed E-state index contributed by atoms with van der Waals surface area (Å²) in [5.74, 6) is -0.0474. The lowest BCUT2D eigenvalue weighted by molar-refractivity contribution is -0.129. The average molecular weight is 431 g/mol. The van der Waals surface area contributed by atoms with Crippen molar-refractivity contribution < 1.29 is 9.59 Å². The first kappa shape index (κ1) is 21.9. The van der Waals surface area contributed by atoms with E-state index in [1.807, 2.05) is 47.3 Å². The van der Waals surface area contributed by atoms with Crippen molar-refractivity contribution in [2.45, 2.75) is 24.9 Å². The van der Waals surface area contributed by atoms with Crippen LogP contribution in [0.25, 0.3) is 10.9 Å². The number of nitrogens with zero attached hydrogens (tertiary/aromatic N) is 4. The third-order valence-electron chi connectivity index (χ3n) is 5.63. The Kier molecular flexibility index (Phi) is 6.48. The predicted molar refractivity (Wildman–Crippen MR) is 119 cm³/mol. The van der Waals surface area contributed by atoms with Gasteiger partial charge in [-0.1, -0.05) is 6.07 Å². The van der Waals surface area contributed by atoms with Crippen molar-refractivity contribution >= 4 is 40.8 Å². The lowest BCUT2D eigenvalue weighted by Gasteiger charge is -2.36. The standard InChI is InChI=1S/C21H26N6O2.ClH/c1-25(2)19(28)15-26-13-6-16-4-5-17(14-18(16)26)24-20(29)21(7-10-22-11-8-21)27-12-3-9-23-27;/h3-6,9,12-14,22H,7-8,10-11,15H2,1-2H3,(H,24,29);1H. The molecule has 2 amide bonds. The Morgan fingerprint density at radius 1 is 1.20 bits per heavy atom. The fraction of sp³-hybridized carbons (Fsp3) is 0.381. The minimum absolute atomic E-state index is 0. The molecule has 0 unspecified atom stereocenters. The van der Waals surface area contributed by atoms with Gasteiger partial charge in [-0.15, -0.1) is 12.4 Å². The molecule has 1 fully saturated rings. The highest BCUT2D eigenvalue weighted by atomic mass is 35.5. The first-order valence-electron chi connectivity index (χ1n) is 9.81. The van der Waals surface area contributed by atoms with Gasteiger partial charge < -0.3 is 20.1 Å². The zero-order valence-corrected chi connectivity index (χ0v) is 18.0. The first-order valence-corrected chi connectivity index (χ1v) is 9.81. The third kappa shape index (κ3) is 4.06. The molecule has 2 aromatic heterocycles. The maximum absolute atomic E-state index is 13.3. The molecule has 30 heavy (non-hydrogen) atoms. The Hall–Kier alpha value is -2.84. The Morgan fingerprint density at radius 2 is 1.97 bits per heavy atom. The Bertz CT molecular complexity index is 1020. The third-order valence-corrected chi connectivity index (χ3v) is 5.63.